The summed E-state index contributed by atoms with van der Waals surface area (Å²) in [6.45, 7) is 3.23. The van der Waals surface area contributed by atoms with E-state index in [0.717, 1.165) is 28.9 Å². The third-order valence-corrected chi connectivity index (χ3v) is 4.92. The molecule has 2 aromatic heterocycles. The smallest absolute Gasteiger partial charge is 0.136 e. The molecule has 1 aromatic carbocycles. The van der Waals surface area contributed by atoms with Crippen LogP contribution in [0.25, 0.3) is 21.9 Å². The van der Waals surface area contributed by atoms with Gasteiger partial charge in [0.25, 0.3) is 0 Å². The Morgan fingerprint density at radius 2 is 2.30 bits per heavy atom. The van der Waals surface area contributed by atoms with Gasteiger partial charge in [-0.25, -0.2) is 0 Å². The maximum absolute atomic E-state index is 5.52. The van der Waals surface area contributed by atoms with Gasteiger partial charge in [0.15, 0.2) is 0 Å². The maximum atomic E-state index is 5.52. The number of rotatable bonds is 2. The summed E-state index contributed by atoms with van der Waals surface area (Å²) in [4.78, 5) is 0. The highest BCUT2D eigenvalue weighted by atomic mass is 127. The first kappa shape index (κ1) is 12.6. The normalized spacial score (nSPS) is 19.9. The van der Waals surface area contributed by atoms with Crippen molar-refractivity contribution in [2.24, 2.45) is 5.92 Å². The van der Waals surface area contributed by atoms with Crippen LogP contribution in [0.2, 0.25) is 0 Å². The Balaban J connectivity index is 1.83. The molecule has 1 atom stereocenters. The average molecular weight is 381 g/mol. The van der Waals surface area contributed by atoms with Crippen LogP contribution in [0.3, 0.4) is 0 Å². The van der Waals surface area contributed by atoms with Crippen LogP contribution in [-0.4, -0.2) is 22.9 Å². The summed E-state index contributed by atoms with van der Waals surface area (Å²) in [6.07, 6.45) is 4.31. The molecule has 0 spiro atoms. The van der Waals surface area contributed by atoms with E-state index < -0.39 is 0 Å². The molecule has 3 aromatic rings. The van der Waals surface area contributed by atoms with E-state index in [1.165, 1.54) is 29.1 Å². The SMILES string of the molecule is Ic1nn(CC2CCCNC2)c2c1ccc1occc12. The number of hydrogen-bond donors (Lipinski definition) is 1. The van der Waals surface area contributed by atoms with Crippen molar-refractivity contribution in [3.05, 3.63) is 28.2 Å². The fourth-order valence-corrected chi connectivity index (χ4v) is 3.84. The fraction of sp³-hybridized carbons (Fsp3) is 0.400. The van der Waals surface area contributed by atoms with Crippen molar-refractivity contribution in [3.8, 4) is 0 Å². The maximum Gasteiger partial charge on any atom is 0.136 e. The van der Waals surface area contributed by atoms with Crippen LogP contribution in [0, 0.1) is 9.62 Å². The standard InChI is InChI=1S/C15H16IN3O/c16-15-12-3-4-13-11(5-7-20-13)14(12)19(18-15)9-10-2-1-6-17-8-10/h3-5,7,10,17H,1-2,6,8-9H2. The molecule has 1 aliphatic rings. The zero-order valence-corrected chi connectivity index (χ0v) is 13.3. The van der Waals surface area contributed by atoms with E-state index in [4.69, 9.17) is 9.52 Å². The van der Waals surface area contributed by atoms with Crippen LogP contribution in [0.4, 0.5) is 0 Å². The lowest BCUT2D eigenvalue weighted by Crippen LogP contribution is -2.32. The molecule has 0 amide bonds. The molecule has 3 heterocycles. The Kier molecular flexibility index (Phi) is 3.18. The summed E-state index contributed by atoms with van der Waals surface area (Å²) in [5, 5.41) is 10.6. The van der Waals surface area contributed by atoms with Gasteiger partial charge in [-0.3, -0.25) is 4.68 Å². The van der Waals surface area contributed by atoms with Crippen LogP contribution in [0.5, 0.6) is 0 Å². The summed E-state index contributed by atoms with van der Waals surface area (Å²) < 4.78 is 8.77. The monoisotopic (exact) mass is 381 g/mol. The van der Waals surface area contributed by atoms with Gasteiger partial charge in [-0.2, -0.15) is 5.10 Å². The van der Waals surface area contributed by atoms with Crippen molar-refractivity contribution in [1.82, 2.24) is 15.1 Å². The van der Waals surface area contributed by atoms with Crippen LogP contribution < -0.4 is 5.32 Å². The van der Waals surface area contributed by atoms with E-state index in [0.29, 0.717) is 5.92 Å². The van der Waals surface area contributed by atoms with Crippen molar-refractivity contribution in [1.29, 1.82) is 0 Å². The Bertz CT molecular complexity index is 755. The number of furan rings is 1. The molecule has 1 saturated heterocycles. The highest BCUT2D eigenvalue weighted by molar-refractivity contribution is 14.1. The largest absolute Gasteiger partial charge is 0.464 e. The molecule has 4 nitrogen and oxygen atoms in total. The van der Waals surface area contributed by atoms with Gasteiger partial charge < -0.3 is 9.73 Å². The number of piperidine rings is 1. The molecule has 0 saturated carbocycles. The lowest BCUT2D eigenvalue weighted by atomic mass is 10.00. The van der Waals surface area contributed by atoms with E-state index in [1.807, 2.05) is 12.1 Å². The van der Waals surface area contributed by atoms with Crippen LogP contribution in [0.15, 0.2) is 28.9 Å². The van der Waals surface area contributed by atoms with Gasteiger partial charge in [-0.15, -0.1) is 0 Å². The van der Waals surface area contributed by atoms with Gasteiger partial charge in [0.1, 0.15) is 9.28 Å². The van der Waals surface area contributed by atoms with Crippen LogP contribution in [-0.2, 0) is 6.54 Å². The van der Waals surface area contributed by atoms with Crippen molar-refractivity contribution in [2.45, 2.75) is 19.4 Å². The first-order valence-electron chi connectivity index (χ1n) is 7.06. The summed E-state index contributed by atoms with van der Waals surface area (Å²) in [5.41, 5.74) is 2.16. The first-order valence-corrected chi connectivity index (χ1v) is 8.14. The second kappa shape index (κ2) is 5.04. The van der Waals surface area contributed by atoms with E-state index in [-0.39, 0.29) is 0 Å². The van der Waals surface area contributed by atoms with Crippen LogP contribution in [0.1, 0.15) is 12.8 Å². The zero-order valence-electron chi connectivity index (χ0n) is 11.1. The van der Waals surface area contributed by atoms with Crippen molar-refractivity contribution < 1.29 is 4.42 Å². The minimum Gasteiger partial charge on any atom is -0.464 e. The van der Waals surface area contributed by atoms with Gasteiger partial charge in [-0.05, 0) is 72.6 Å². The predicted molar refractivity (Wildman–Crippen MR) is 87.8 cm³/mol. The van der Waals surface area contributed by atoms with Crippen molar-refractivity contribution >= 4 is 44.5 Å². The van der Waals surface area contributed by atoms with Gasteiger partial charge >= 0.3 is 0 Å². The Labute approximate surface area is 130 Å². The lowest BCUT2D eigenvalue weighted by molar-refractivity contribution is 0.329. The van der Waals surface area contributed by atoms with Gasteiger partial charge in [0.05, 0.1) is 11.8 Å². The van der Waals surface area contributed by atoms with Crippen LogP contribution >= 0.6 is 22.6 Å². The summed E-state index contributed by atoms with van der Waals surface area (Å²) in [6, 6.07) is 6.20. The van der Waals surface area contributed by atoms with Crippen molar-refractivity contribution in [3.63, 3.8) is 0 Å². The summed E-state index contributed by atoms with van der Waals surface area (Å²) in [5.74, 6) is 0.671. The van der Waals surface area contributed by atoms with E-state index in [9.17, 15) is 0 Å². The molecule has 1 N–H and O–H groups in total. The van der Waals surface area contributed by atoms with E-state index >= 15 is 0 Å². The number of nitrogens with one attached hydrogen (secondary N) is 1. The molecule has 0 bridgehead atoms. The average Bonchev–Trinajstić information content (AvgIpc) is 3.05. The molecule has 0 radical (unpaired) electrons. The topological polar surface area (TPSA) is 43.0 Å². The van der Waals surface area contributed by atoms with Gasteiger partial charge in [0, 0.05) is 17.3 Å². The van der Waals surface area contributed by atoms with E-state index in [2.05, 4.69) is 38.7 Å². The highest BCUT2D eigenvalue weighted by Crippen LogP contribution is 2.30. The Morgan fingerprint density at radius 1 is 1.35 bits per heavy atom. The molecule has 1 unspecified atom stereocenters. The molecule has 0 aliphatic carbocycles. The second-order valence-electron chi connectivity index (χ2n) is 5.48. The summed E-state index contributed by atoms with van der Waals surface area (Å²) in [7, 11) is 0. The molecular weight excluding hydrogens is 365 g/mol. The van der Waals surface area contributed by atoms with E-state index in [1.54, 1.807) is 6.26 Å². The zero-order chi connectivity index (χ0) is 13.5. The number of fused-ring (bicyclic) bond motifs is 3. The molecule has 5 heteroatoms. The minimum absolute atomic E-state index is 0.671. The third-order valence-electron chi connectivity index (χ3n) is 4.13. The van der Waals surface area contributed by atoms with Gasteiger partial charge in [0.2, 0.25) is 0 Å². The molecule has 1 fully saturated rings. The highest BCUT2D eigenvalue weighted by Gasteiger charge is 2.18. The summed E-state index contributed by atoms with van der Waals surface area (Å²) >= 11 is 2.33. The number of aromatic nitrogens is 2. The number of halogens is 1. The molecule has 104 valence electrons. The molecule has 1 aliphatic heterocycles. The van der Waals surface area contributed by atoms with Crippen molar-refractivity contribution in [2.75, 3.05) is 13.1 Å². The fourth-order valence-electron chi connectivity index (χ4n) is 3.14. The lowest BCUT2D eigenvalue weighted by Gasteiger charge is -2.22. The predicted octanol–water partition coefficient (Wildman–Crippen LogP) is 3.39. The Morgan fingerprint density at radius 3 is 3.15 bits per heavy atom. The number of benzene rings is 1. The Hall–Kier alpha value is -1.08. The quantitative estimate of drug-likeness (QED) is 0.693. The third kappa shape index (κ3) is 2.03. The first-order chi connectivity index (χ1) is 9.83. The molecule has 20 heavy (non-hydrogen) atoms. The number of hydrogen-bond acceptors (Lipinski definition) is 3. The minimum atomic E-state index is 0.671. The second-order valence-corrected chi connectivity index (χ2v) is 6.50. The molecule has 4 rings (SSSR count). The van der Waals surface area contributed by atoms with Gasteiger partial charge in [-0.1, -0.05) is 0 Å². The molecular formula is C15H16IN3O. The number of nitrogens with zero attached hydrogens (tertiary/aromatic N) is 2.